The summed E-state index contributed by atoms with van der Waals surface area (Å²) < 4.78 is 0. The van der Waals surface area contributed by atoms with E-state index in [0.29, 0.717) is 6.54 Å². The smallest absolute Gasteiger partial charge is 0.193 e. The van der Waals surface area contributed by atoms with Crippen molar-refractivity contribution >= 4 is 5.96 Å². The molecule has 0 aromatic heterocycles. The van der Waals surface area contributed by atoms with Crippen molar-refractivity contribution in [2.75, 3.05) is 20.6 Å². The molecule has 98 valence electrons. The van der Waals surface area contributed by atoms with Crippen LogP contribution < -0.4 is 5.32 Å². The minimum Gasteiger partial charge on any atom is -0.356 e. The lowest BCUT2D eigenvalue weighted by molar-refractivity contribution is 0.580. The van der Waals surface area contributed by atoms with E-state index in [2.05, 4.69) is 34.6 Å². The molecular weight excluding hydrogens is 222 g/mol. The number of benzene rings is 1. The maximum absolute atomic E-state index is 4.60. The van der Waals surface area contributed by atoms with E-state index in [1.165, 1.54) is 5.56 Å². The molecule has 1 rings (SSSR count). The SMILES string of the molecule is CC=CCCNC(=NCc1ccccc1)N(C)C. The molecule has 0 aliphatic heterocycles. The van der Waals surface area contributed by atoms with Crippen molar-refractivity contribution in [3.05, 3.63) is 48.0 Å². The first-order valence-corrected chi connectivity index (χ1v) is 6.34. The standard InChI is InChI=1S/C15H23N3/c1-4-5-9-12-16-15(18(2)3)17-13-14-10-7-6-8-11-14/h4-8,10-11H,9,12-13H2,1-3H3,(H,16,17). The first-order chi connectivity index (χ1) is 8.74. The maximum Gasteiger partial charge on any atom is 0.193 e. The van der Waals surface area contributed by atoms with E-state index in [4.69, 9.17) is 0 Å². The van der Waals surface area contributed by atoms with E-state index in [1.807, 2.05) is 44.1 Å². The number of hydrogen-bond acceptors (Lipinski definition) is 1. The third kappa shape index (κ3) is 5.53. The summed E-state index contributed by atoms with van der Waals surface area (Å²) in [4.78, 5) is 6.61. The van der Waals surface area contributed by atoms with E-state index >= 15 is 0 Å². The zero-order valence-corrected chi connectivity index (χ0v) is 11.6. The van der Waals surface area contributed by atoms with Gasteiger partial charge in [-0.2, -0.15) is 0 Å². The van der Waals surface area contributed by atoms with Crippen LogP contribution >= 0.6 is 0 Å². The molecule has 0 unspecified atom stereocenters. The summed E-state index contributed by atoms with van der Waals surface area (Å²) in [5, 5.41) is 3.35. The Kier molecular flexibility index (Phi) is 6.62. The zero-order valence-electron chi connectivity index (χ0n) is 11.6. The van der Waals surface area contributed by atoms with E-state index in [9.17, 15) is 0 Å². The maximum atomic E-state index is 4.60. The van der Waals surface area contributed by atoms with Crippen LogP contribution in [0.15, 0.2) is 47.5 Å². The van der Waals surface area contributed by atoms with Crippen molar-refractivity contribution in [2.45, 2.75) is 19.9 Å². The normalized spacial score (nSPS) is 11.8. The molecule has 0 amide bonds. The second-order valence-corrected chi connectivity index (χ2v) is 4.30. The number of guanidine groups is 1. The van der Waals surface area contributed by atoms with Crippen molar-refractivity contribution in [1.29, 1.82) is 0 Å². The predicted molar refractivity (Wildman–Crippen MR) is 78.7 cm³/mol. The Morgan fingerprint density at radius 2 is 2.00 bits per heavy atom. The molecule has 1 N–H and O–H groups in total. The molecule has 0 saturated heterocycles. The second kappa shape index (κ2) is 8.34. The fourth-order valence-electron chi connectivity index (χ4n) is 1.54. The molecule has 0 heterocycles. The largest absolute Gasteiger partial charge is 0.356 e. The molecule has 0 fully saturated rings. The van der Waals surface area contributed by atoms with Gasteiger partial charge in [0.25, 0.3) is 0 Å². The lowest BCUT2D eigenvalue weighted by Gasteiger charge is -2.17. The highest BCUT2D eigenvalue weighted by Gasteiger charge is 1.99. The first-order valence-electron chi connectivity index (χ1n) is 6.34. The molecule has 0 aliphatic rings. The predicted octanol–water partition coefficient (Wildman–Crippen LogP) is 2.66. The van der Waals surface area contributed by atoms with Crippen LogP contribution in [0.3, 0.4) is 0 Å². The summed E-state index contributed by atoms with van der Waals surface area (Å²) in [6.45, 7) is 3.66. The highest BCUT2D eigenvalue weighted by molar-refractivity contribution is 5.79. The van der Waals surface area contributed by atoms with Crippen molar-refractivity contribution in [3.63, 3.8) is 0 Å². The molecule has 0 atom stereocenters. The lowest BCUT2D eigenvalue weighted by atomic mass is 10.2. The van der Waals surface area contributed by atoms with Crippen molar-refractivity contribution in [1.82, 2.24) is 10.2 Å². The summed E-state index contributed by atoms with van der Waals surface area (Å²) >= 11 is 0. The third-order valence-corrected chi connectivity index (χ3v) is 2.51. The Hall–Kier alpha value is -1.77. The van der Waals surface area contributed by atoms with Crippen LogP contribution in [-0.2, 0) is 6.54 Å². The molecule has 18 heavy (non-hydrogen) atoms. The van der Waals surface area contributed by atoms with Crippen molar-refractivity contribution in [3.8, 4) is 0 Å². The number of allylic oxidation sites excluding steroid dienone is 1. The fraction of sp³-hybridized carbons (Fsp3) is 0.400. The number of nitrogens with zero attached hydrogens (tertiary/aromatic N) is 2. The van der Waals surface area contributed by atoms with Gasteiger partial charge in [-0.1, -0.05) is 42.5 Å². The molecule has 1 aromatic carbocycles. The summed E-state index contributed by atoms with van der Waals surface area (Å²) in [6.07, 6.45) is 5.24. The van der Waals surface area contributed by atoms with Crippen LogP contribution in [-0.4, -0.2) is 31.5 Å². The van der Waals surface area contributed by atoms with Gasteiger partial charge < -0.3 is 10.2 Å². The van der Waals surface area contributed by atoms with Crippen LogP contribution in [0, 0.1) is 0 Å². The quantitative estimate of drug-likeness (QED) is 0.374. The average molecular weight is 245 g/mol. The minimum atomic E-state index is 0.713. The van der Waals surface area contributed by atoms with Crippen LogP contribution in [0.25, 0.3) is 0 Å². The molecule has 0 saturated carbocycles. The summed E-state index contributed by atoms with van der Waals surface area (Å²) in [5.41, 5.74) is 1.23. The van der Waals surface area contributed by atoms with Crippen molar-refractivity contribution in [2.24, 2.45) is 4.99 Å². The van der Waals surface area contributed by atoms with Crippen LogP contribution in [0.4, 0.5) is 0 Å². The van der Waals surface area contributed by atoms with Gasteiger partial charge in [0.15, 0.2) is 5.96 Å². The van der Waals surface area contributed by atoms with Gasteiger partial charge >= 0.3 is 0 Å². The molecule has 0 radical (unpaired) electrons. The Morgan fingerprint density at radius 1 is 1.28 bits per heavy atom. The highest BCUT2D eigenvalue weighted by Crippen LogP contribution is 2.00. The number of rotatable bonds is 5. The fourth-order valence-corrected chi connectivity index (χ4v) is 1.54. The van der Waals surface area contributed by atoms with Crippen LogP contribution in [0.2, 0.25) is 0 Å². The summed E-state index contributed by atoms with van der Waals surface area (Å²) in [7, 11) is 4.01. The number of hydrogen-bond donors (Lipinski definition) is 1. The molecule has 1 aromatic rings. The third-order valence-electron chi connectivity index (χ3n) is 2.51. The van der Waals surface area contributed by atoms with E-state index in [0.717, 1.165) is 18.9 Å². The van der Waals surface area contributed by atoms with Gasteiger partial charge in [-0.15, -0.1) is 0 Å². The number of nitrogens with one attached hydrogen (secondary N) is 1. The molecular formula is C15H23N3. The van der Waals surface area contributed by atoms with Gasteiger partial charge in [-0.25, -0.2) is 4.99 Å². The Morgan fingerprint density at radius 3 is 2.61 bits per heavy atom. The zero-order chi connectivity index (χ0) is 13.2. The monoisotopic (exact) mass is 245 g/mol. The Bertz CT molecular complexity index is 380. The van der Waals surface area contributed by atoms with E-state index < -0.39 is 0 Å². The van der Waals surface area contributed by atoms with E-state index in [-0.39, 0.29) is 0 Å². The summed E-state index contributed by atoms with van der Waals surface area (Å²) in [6, 6.07) is 10.3. The molecule has 3 heteroatoms. The summed E-state index contributed by atoms with van der Waals surface area (Å²) in [5.74, 6) is 0.934. The molecule has 0 spiro atoms. The van der Waals surface area contributed by atoms with Gasteiger partial charge in [0.05, 0.1) is 6.54 Å². The Balaban J connectivity index is 2.50. The number of aliphatic imine (C=N–C) groups is 1. The first kappa shape index (κ1) is 14.3. The van der Waals surface area contributed by atoms with Gasteiger partial charge in [0, 0.05) is 20.6 Å². The molecule has 0 bridgehead atoms. The van der Waals surface area contributed by atoms with Crippen molar-refractivity contribution < 1.29 is 0 Å². The van der Waals surface area contributed by atoms with Gasteiger partial charge in [-0.05, 0) is 18.9 Å². The second-order valence-electron chi connectivity index (χ2n) is 4.30. The Labute approximate surface area is 110 Å². The topological polar surface area (TPSA) is 27.6 Å². The molecule has 3 nitrogen and oxygen atoms in total. The van der Waals surface area contributed by atoms with E-state index in [1.54, 1.807) is 0 Å². The van der Waals surface area contributed by atoms with Crippen LogP contribution in [0.1, 0.15) is 18.9 Å². The van der Waals surface area contributed by atoms with Crippen LogP contribution in [0.5, 0.6) is 0 Å². The van der Waals surface area contributed by atoms with Gasteiger partial charge in [-0.3, -0.25) is 0 Å². The van der Waals surface area contributed by atoms with Gasteiger partial charge in [0.2, 0.25) is 0 Å². The highest BCUT2D eigenvalue weighted by atomic mass is 15.3. The van der Waals surface area contributed by atoms with Gasteiger partial charge in [0.1, 0.15) is 0 Å². The molecule has 0 aliphatic carbocycles. The average Bonchev–Trinajstić information content (AvgIpc) is 2.38. The minimum absolute atomic E-state index is 0.713. The lowest BCUT2D eigenvalue weighted by Crippen LogP contribution is -2.36.